The average Bonchev–Trinajstić information content (AvgIpc) is 2.98. The molecule has 0 radical (unpaired) electrons. The number of hydrogen-bond donors (Lipinski definition) is 7. The van der Waals surface area contributed by atoms with Crippen LogP contribution in [-0.4, -0.2) is 78.5 Å². The van der Waals surface area contributed by atoms with Crippen molar-refractivity contribution in [2.75, 3.05) is 78.5 Å². The van der Waals surface area contributed by atoms with Crippen LogP contribution < -0.4 is 38.1 Å². The van der Waals surface area contributed by atoms with Gasteiger partial charge in [-0.2, -0.15) is 0 Å². The van der Waals surface area contributed by atoms with Crippen LogP contribution in [0.4, 0.5) is 0 Å². The first-order valence-electron chi connectivity index (χ1n) is 18.1. The van der Waals surface area contributed by atoms with Crippen LogP contribution in [0.5, 0.6) is 0 Å². The molecule has 0 saturated heterocycles. The van der Waals surface area contributed by atoms with E-state index in [1.165, 1.54) is 136 Å². The molecule has 0 aliphatic heterocycles. The molecule has 0 aliphatic carbocycles. The Kier molecular flexibility index (Phi) is 64.6. The first-order valence-corrected chi connectivity index (χ1v) is 18.1. The van der Waals surface area contributed by atoms with Crippen LogP contribution in [-0.2, 0) is 0 Å². The Morgan fingerprint density at radius 3 is 0.707 bits per heavy atom. The Bertz CT molecular complexity index is 304. The highest BCUT2D eigenvalue weighted by Crippen LogP contribution is 1.89. The topological polar surface area (TPSA) is 112 Å². The first kappa shape index (κ1) is 47.6. The second-order valence-corrected chi connectivity index (χ2v) is 10.9. The molecule has 0 amide bonds. The predicted molar refractivity (Wildman–Crippen MR) is 190 cm³/mol. The normalized spacial score (nSPS) is 10.2. The van der Waals surface area contributed by atoms with Gasteiger partial charge in [0.25, 0.3) is 0 Å². The molecule has 0 aromatic rings. The summed E-state index contributed by atoms with van der Waals surface area (Å²) in [5.41, 5.74) is 10.7. The lowest BCUT2D eigenvalue weighted by molar-refractivity contribution is 0.564. The van der Waals surface area contributed by atoms with Crippen LogP contribution in [0.2, 0.25) is 0 Å². The van der Waals surface area contributed by atoms with Crippen molar-refractivity contribution in [3.05, 3.63) is 0 Å². The van der Waals surface area contributed by atoms with Crippen molar-refractivity contribution in [2.24, 2.45) is 11.5 Å². The molecule has 0 atom stereocenters. The largest absolute Gasteiger partial charge is 0.330 e. The van der Waals surface area contributed by atoms with Gasteiger partial charge in [0.1, 0.15) is 0 Å². The summed E-state index contributed by atoms with van der Waals surface area (Å²) in [6.07, 6.45) is 20.3. The molecule has 0 aromatic heterocycles. The van der Waals surface area contributed by atoms with E-state index in [0.717, 1.165) is 45.6 Å². The molecule has 7 nitrogen and oxygen atoms in total. The van der Waals surface area contributed by atoms with Gasteiger partial charge in [-0.3, -0.25) is 0 Å². The zero-order valence-electron chi connectivity index (χ0n) is 29.5. The molecule has 0 bridgehead atoms. The van der Waals surface area contributed by atoms with Crippen molar-refractivity contribution in [2.45, 2.75) is 144 Å². The zero-order valence-corrected chi connectivity index (χ0v) is 29.5. The van der Waals surface area contributed by atoms with Gasteiger partial charge in [0, 0.05) is 0 Å². The molecule has 0 heterocycles. The summed E-state index contributed by atoms with van der Waals surface area (Å²) in [4.78, 5) is 0. The van der Waals surface area contributed by atoms with Crippen molar-refractivity contribution < 1.29 is 0 Å². The Morgan fingerprint density at radius 2 is 0.488 bits per heavy atom. The summed E-state index contributed by atoms with van der Waals surface area (Å²) < 4.78 is 0. The number of rotatable bonds is 29. The van der Waals surface area contributed by atoms with E-state index in [1.54, 1.807) is 0 Å². The van der Waals surface area contributed by atoms with Gasteiger partial charge < -0.3 is 38.1 Å². The maximum Gasteiger partial charge on any atom is -0.00369 e. The highest BCUT2D eigenvalue weighted by molar-refractivity contribution is 4.53. The van der Waals surface area contributed by atoms with E-state index in [4.69, 9.17) is 11.5 Å². The minimum atomic E-state index is 0.797. The van der Waals surface area contributed by atoms with E-state index >= 15 is 0 Å². The van der Waals surface area contributed by atoms with E-state index in [1.807, 2.05) is 0 Å². The van der Waals surface area contributed by atoms with Gasteiger partial charge in [-0.05, 0) is 149 Å². The van der Waals surface area contributed by atoms with Crippen molar-refractivity contribution in [3.8, 4) is 0 Å². The molecule has 0 fully saturated rings. The van der Waals surface area contributed by atoms with Crippen molar-refractivity contribution in [1.82, 2.24) is 26.6 Å². The van der Waals surface area contributed by atoms with Gasteiger partial charge in [-0.15, -0.1) is 0 Å². The maximum atomic E-state index is 5.39. The molecular weight excluding hydrogens is 506 g/mol. The molecule has 7 heteroatoms. The summed E-state index contributed by atoms with van der Waals surface area (Å²) in [5.74, 6) is 0. The van der Waals surface area contributed by atoms with Crippen LogP contribution in [0.25, 0.3) is 0 Å². The Morgan fingerprint density at radius 1 is 0.293 bits per heavy atom. The molecular formula is C34H83N7. The quantitative estimate of drug-likeness (QED) is 0.0522. The third kappa shape index (κ3) is 68.5. The fourth-order valence-corrected chi connectivity index (χ4v) is 3.45. The van der Waals surface area contributed by atoms with Crippen molar-refractivity contribution >= 4 is 0 Å². The minimum Gasteiger partial charge on any atom is -0.330 e. The minimum absolute atomic E-state index is 0.797. The van der Waals surface area contributed by atoms with E-state index in [-0.39, 0.29) is 0 Å². The van der Waals surface area contributed by atoms with Crippen LogP contribution in [0, 0.1) is 0 Å². The summed E-state index contributed by atoms with van der Waals surface area (Å²) in [6, 6.07) is 0. The van der Waals surface area contributed by atoms with E-state index < -0.39 is 0 Å². The SMILES string of the molecule is CCC.CCCCNCCCCN.CCCCNCCCCNCCCC.CCCCNCCCCNCCCN. The number of nitrogens with one attached hydrogen (secondary N) is 5. The fourth-order valence-electron chi connectivity index (χ4n) is 3.45. The smallest absolute Gasteiger partial charge is 0.00369 e. The average molecular weight is 590 g/mol. The van der Waals surface area contributed by atoms with Gasteiger partial charge in [0.2, 0.25) is 0 Å². The third-order valence-corrected chi connectivity index (χ3v) is 6.11. The molecule has 0 aromatic carbocycles. The summed E-state index contributed by atoms with van der Waals surface area (Å²) in [6.45, 7) is 26.4. The highest BCUT2D eigenvalue weighted by atomic mass is 14.9. The molecule has 9 N–H and O–H groups in total. The van der Waals surface area contributed by atoms with Gasteiger partial charge >= 0.3 is 0 Å². The van der Waals surface area contributed by atoms with Crippen molar-refractivity contribution in [1.29, 1.82) is 0 Å². The lowest BCUT2D eigenvalue weighted by Crippen LogP contribution is -2.21. The molecule has 41 heavy (non-hydrogen) atoms. The summed E-state index contributed by atoms with van der Waals surface area (Å²) in [5, 5.41) is 17.1. The molecule has 254 valence electrons. The van der Waals surface area contributed by atoms with Gasteiger partial charge in [-0.1, -0.05) is 73.6 Å². The Hall–Kier alpha value is -0.280. The lowest BCUT2D eigenvalue weighted by atomic mass is 10.3. The number of unbranched alkanes of at least 4 members (excludes halogenated alkanes) is 7. The molecule has 0 unspecified atom stereocenters. The van der Waals surface area contributed by atoms with Crippen LogP contribution in [0.3, 0.4) is 0 Å². The standard InChI is InChI=1S/C12H28N2.C11H27N3.C8H20N2.C3H8/c1-3-5-9-13-11-7-8-12-14-10-6-4-2;1-2-3-8-13-9-4-5-10-14-11-6-7-12;1-2-3-7-10-8-5-4-6-9;1-3-2/h13-14H,3-12H2,1-2H3;13-14H,2-12H2,1H3;10H,2-9H2,1H3;3H2,1-2H3. The highest BCUT2D eigenvalue weighted by Gasteiger charge is 1.91. The predicted octanol–water partition coefficient (Wildman–Crippen LogP) is 6.17. The number of hydrogen-bond acceptors (Lipinski definition) is 7. The summed E-state index contributed by atoms with van der Waals surface area (Å²) in [7, 11) is 0. The molecule has 0 spiro atoms. The van der Waals surface area contributed by atoms with Crippen molar-refractivity contribution in [3.63, 3.8) is 0 Å². The van der Waals surface area contributed by atoms with E-state index in [2.05, 4.69) is 68.1 Å². The lowest BCUT2D eigenvalue weighted by Gasteiger charge is -2.05. The Labute approximate surface area is 260 Å². The third-order valence-electron chi connectivity index (χ3n) is 6.11. The molecule has 0 aliphatic rings. The van der Waals surface area contributed by atoms with Gasteiger partial charge in [0.05, 0.1) is 0 Å². The van der Waals surface area contributed by atoms with Crippen LogP contribution >= 0.6 is 0 Å². The van der Waals surface area contributed by atoms with Crippen LogP contribution in [0.1, 0.15) is 144 Å². The van der Waals surface area contributed by atoms with Gasteiger partial charge in [0.15, 0.2) is 0 Å². The van der Waals surface area contributed by atoms with Crippen LogP contribution in [0.15, 0.2) is 0 Å². The van der Waals surface area contributed by atoms with E-state index in [9.17, 15) is 0 Å². The fraction of sp³-hybridized carbons (Fsp3) is 1.00. The summed E-state index contributed by atoms with van der Waals surface area (Å²) >= 11 is 0. The second kappa shape index (κ2) is 55.6. The second-order valence-electron chi connectivity index (χ2n) is 10.9. The zero-order chi connectivity index (χ0) is 31.3. The maximum absolute atomic E-state index is 5.39. The van der Waals surface area contributed by atoms with Gasteiger partial charge in [-0.25, -0.2) is 0 Å². The van der Waals surface area contributed by atoms with E-state index in [0.29, 0.717) is 0 Å². The Balaban J connectivity index is -0.000000242. The number of nitrogens with two attached hydrogens (primary N) is 2. The first-order chi connectivity index (χ1) is 20.2. The molecule has 0 saturated carbocycles. The molecule has 0 rings (SSSR count). The monoisotopic (exact) mass is 590 g/mol.